The van der Waals surface area contributed by atoms with Crippen LogP contribution < -0.4 is 9.64 Å². The fourth-order valence-corrected chi connectivity index (χ4v) is 5.52. The lowest BCUT2D eigenvalue weighted by molar-refractivity contribution is -0.0252. The number of benzene rings is 1. The second-order valence-electron chi connectivity index (χ2n) is 9.26. The van der Waals surface area contributed by atoms with E-state index in [1.54, 1.807) is 12.4 Å². The lowest BCUT2D eigenvalue weighted by atomic mass is 10.1. The molecule has 37 heavy (non-hydrogen) atoms. The first kappa shape index (κ1) is 25.7. The van der Waals surface area contributed by atoms with Gasteiger partial charge in [-0.05, 0) is 18.2 Å². The summed E-state index contributed by atoms with van der Waals surface area (Å²) in [6, 6.07) is 10.2. The minimum absolute atomic E-state index is 0.148. The van der Waals surface area contributed by atoms with Crippen molar-refractivity contribution >= 4 is 26.7 Å². The maximum atomic E-state index is 11.9. The van der Waals surface area contributed by atoms with Gasteiger partial charge in [-0.3, -0.25) is 9.88 Å². The number of rotatable bonds is 8. The van der Waals surface area contributed by atoms with Gasteiger partial charge in [0.2, 0.25) is 15.9 Å². The van der Waals surface area contributed by atoms with Crippen molar-refractivity contribution in [3.05, 3.63) is 42.7 Å². The van der Waals surface area contributed by atoms with E-state index in [1.807, 2.05) is 18.2 Å². The summed E-state index contributed by atoms with van der Waals surface area (Å²) >= 11 is 0. The van der Waals surface area contributed by atoms with Crippen molar-refractivity contribution in [2.45, 2.75) is 6.10 Å². The summed E-state index contributed by atoms with van der Waals surface area (Å²) in [4.78, 5) is 18.2. The maximum absolute atomic E-state index is 11.9. The topological polar surface area (TPSA) is 121 Å². The van der Waals surface area contributed by atoms with Crippen molar-refractivity contribution in [1.82, 2.24) is 24.2 Å². The molecule has 4 heterocycles. The molecule has 2 aliphatic heterocycles. The third-order valence-corrected chi connectivity index (χ3v) is 7.99. The molecule has 11 nitrogen and oxygen atoms in total. The van der Waals surface area contributed by atoms with E-state index in [0.29, 0.717) is 35.8 Å². The van der Waals surface area contributed by atoms with Crippen molar-refractivity contribution in [2.75, 3.05) is 76.8 Å². The zero-order valence-electron chi connectivity index (χ0n) is 20.9. The third-order valence-electron chi connectivity index (χ3n) is 6.72. The summed E-state index contributed by atoms with van der Waals surface area (Å²) < 4.78 is 37.0. The van der Waals surface area contributed by atoms with E-state index >= 15 is 0 Å². The van der Waals surface area contributed by atoms with Gasteiger partial charge in [0.1, 0.15) is 12.7 Å². The van der Waals surface area contributed by atoms with Crippen LogP contribution in [0.5, 0.6) is 5.88 Å². The van der Waals surface area contributed by atoms with E-state index in [0.717, 1.165) is 44.0 Å². The number of aliphatic hydroxyl groups excluding tert-OH is 1. The van der Waals surface area contributed by atoms with Crippen molar-refractivity contribution < 1.29 is 23.0 Å². The van der Waals surface area contributed by atoms with Crippen molar-refractivity contribution in [1.29, 1.82) is 0 Å². The average Bonchev–Trinajstić information content (AvgIpc) is 2.92. The number of hydrogen-bond donors (Lipinski definition) is 1. The number of hydrogen-bond acceptors (Lipinski definition) is 10. The van der Waals surface area contributed by atoms with Crippen LogP contribution in [0.15, 0.2) is 42.7 Å². The van der Waals surface area contributed by atoms with E-state index in [-0.39, 0.29) is 19.8 Å². The van der Waals surface area contributed by atoms with E-state index in [9.17, 15) is 8.42 Å². The van der Waals surface area contributed by atoms with Gasteiger partial charge >= 0.3 is 0 Å². The minimum Gasteiger partial charge on any atom is -0.473 e. The third kappa shape index (κ3) is 6.16. The van der Waals surface area contributed by atoms with E-state index < -0.39 is 16.1 Å². The van der Waals surface area contributed by atoms with Crippen LogP contribution in [0.25, 0.3) is 22.3 Å². The molecule has 2 aliphatic rings. The number of piperazine rings is 1. The predicted molar refractivity (Wildman–Crippen MR) is 140 cm³/mol. The SMILES string of the molecule is CS(=O)(=O)N1CCO[C@H](COc2nc(-c3ccc(N4CCN(CCO)CC4)cc3)cc3nccnc23)C1. The smallest absolute Gasteiger partial charge is 0.242 e. The van der Waals surface area contributed by atoms with Gasteiger partial charge in [-0.2, -0.15) is 4.31 Å². The summed E-state index contributed by atoms with van der Waals surface area (Å²) in [5.74, 6) is 0.338. The quantitative estimate of drug-likeness (QED) is 0.450. The molecule has 1 atom stereocenters. The van der Waals surface area contributed by atoms with E-state index in [2.05, 4.69) is 31.9 Å². The molecule has 1 aromatic carbocycles. The molecule has 2 saturated heterocycles. The number of ether oxygens (including phenoxy) is 2. The van der Waals surface area contributed by atoms with Crippen LogP contribution in [0.4, 0.5) is 5.69 Å². The molecule has 0 aliphatic carbocycles. The Labute approximate surface area is 216 Å². The second kappa shape index (κ2) is 11.2. The number of aromatic nitrogens is 3. The van der Waals surface area contributed by atoms with Crippen LogP contribution in [0, 0.1) is 0 Å². The monoisotopic (exact) mass is 528 g/mol. The Morgan fingerprint density at radius 1 is 1.08 bits per heavy atom. The number of fused-ring (bicyclic) bond motifs is 1. The van der Waals surface area contributed by atoms with Gasteiger partial charge in [-0.25, -0.2) is 18.4 Å². The summed E-state index contributed by atoms with van der Waals surface area (Å²) in [6.07, 6.45) is 4.02. The highest BCUT2D eigenvalue weighted by molar-refractivity contribution is 7.88. The van der Waals surface area contributed by atoms with E-state index in [1.165, 1.54) is 10.6 Å². The van der Waals surface area contributed by atoms with Crippen LogP contribution in [0.2, 0.25) is 0 Å². The van der Waals surface area contributed by atoms with Gasteiger partial charge in [-0.15, -0.1) is 0 Å². The van der Waals surface area contributed by atoms with Crippen LogP contribution >= 0.6 is 0 Å². The van der Waals surface area contributed by atoms with Crippen molar-refractivity contribution in [3.63, 3.8) is 0 Å². The first-order valence-electron chi connectivity index (χ1n) is 12.4. The molecule has 0 bridgehead atoms. The number of pyridine rings is 1. The minimum atomic E-state index is -3.29. The van der Waals surface area contributed by atoms with Gasteiger partial charge in [0, 0.05) is 69.5 Å². The van der Waals surface area contributed by atoms with Crippen LogP contribution in [-0.2, 0) is 14.8 Å². The number of anilines is 1. The number of morpholine rings is 1. The fourth-order valence-electron chi connectivity index (χ4n) is 4.67. The van der Waals surface area contributed by atoms with E-state index in [4.69, 9.17) is 19.6 Å². The molecule has 3 aromatic rings. The van der Waals surface area contributed by atoms with Gasteiger partial charge < -0.3 is 19.5 Å². The molecule has 0 unspecified atom stereocenters. The average molecular weight is 529 g/mol. The highest BCUT2D eigenvalue weighted by Gasteiger charge is 2.27. The molecule has 2 fully saturated rings. The summed E-state index contributed by atoms with van der Waals surface area (Å²) in [6.45, 7) is 5.65. The van der Waals surface area contributed by atoms with Crippen molar-refractivity contribution in [2.24, 2.45) is 0 Å². The highest BCUT2D eigenvalue weighted by atomic mass is 32.2. The molecule has 0 amide bonds. The van der Waals surface area contributed by atoms with Gasteiger partial charge in [0.05, 0.1) is 30.7 Å². The summed E-state index contributed by atoms with van der Waals surface area (Å²) in [5, 5.41) is 9.16. The number of sulfonamides is 1. The molecule has 12 heteroatoms. The Balaban J connectivity index is 1.32. The Morgan fingerprint density at radius 2 is 1.84 bits per heavy atom. The molecule has 2 aromatic heterocycles. The summed E-state index contributed by atoms with van der Waals surface area (Å²) in [7, 11) is -3.29. The zero-order chi connectivity index (χ0) is 25.8. The van der Waals surface area contributed by atoms with Crippen molar-refractivity contribution in [3.8, 4) is 17.1 Å². The molecule has 0 spiro atoms. The zero-order valence-corrected chi connectivity index (χ0v) is 21.7. The molecule has 1 N–H and O–H groups in total. The Morgan fingerprint density at radius 3 is 2.57 bits per heavy atom. The number of β-amino-alcohol motifs (C(OH)–C–C–N with tert-alkyl or cyclic N) is 1. The van der Waals surface area contributed by atoms with Gasteiger partial charge in [-0.1, -0.05) is 12.1 Å². The molecule has 0 radical (unpaired) electrons. The normalized spacial score (nSPS) is 19.8. The number of nitrogens with zero attached hydrogens (tertiary/aromatic N) is 6. The predicted octanol–water partition coefficient (Wildman–Crippen LogP) is 0.845. The molecule has 5 rings (SSSR count). The lowest BCUT2D eigenvalue weighted by Gasteiger charge is -2.35. The Bertz CT molecular complexity index is 1310. The summed E-state index contributed by atoms with van der Waals surface area (Å²) in [5.41, 5.74) is 3.99. The van der Waals surface area contributed by atoms with Crippen LogP contribution in [0.1, 0.15) is 0 Å². The lowest BCUT2D eigenvalue weighted by Crippen LogP contribution is -2.47. The molecule has 198 valence electrons. The van der Waals surface area contributed by atoms with Gasteiger partial charge in [0.15, 0.2) is 5.52 Å². The van der Waals surface area contributed by atoms with Crippen LogP contribution in [-0.4, -0.2) is 116 Å². The second-order valence-corrected chi connectivity index (χ2v) is 11.2. The maximum Gasteiger partial charge on any atom is 0.242 e. The fraction of sp³-hybridized carbons (Fsp3) is 0.480. The Hall–Kier alpha value is -2.90. The molecule has 0 saturated carbocycles. The largest absolute Gasteiger partial charge is 0.473 e. The standard InChI is InChI=1S/C25H32N6O5S/c1-37(33,34)31-13-15-35-21(17-31)18-36-25-24-23(26-6-7-27-24)16-22(28-25)19-2-4-20(5-3-19)30-10-8-29(9-11-30)12-14-32/h2-7,16,21,32H,8-15,17-18H2,1H3/t21-/m0/s1. The first-order valence-corrected chi connectivity index (χ1v) is 14.3. The number of aliphatic hydroxyl groups is 1. The highest BCUT2D eigenvalue weighted by Crippen LogP contribution is 2.29. The molecular weight excluding hydrogens is 496 g/mol. The molecular formula is C25H32N6O5S. The van der Waals surface area contributed by atoms with Gasteiger partial charge in [0.25, 0.3) is 0 Å². The van der Waals surface area contributed by atoms with Crippen LogP contribution in [0.3, 0.4) is 0 Å². The first-order chi connectivity index (χ1) is 17.9. The Kier molecular flexibility index (Phi) is 7.81.